The summed E-state index contributed by atoms with van der Waals surface area (Å²) in [5.74, 6) is 0.891. The molecule has 7 aromatic carbocycles. The average molecular weight is 638 g/mol. The maximum absolute atomic E-state index is 5.41. The van der Waals surface area contributed by atoms with E-state index in [2.05, 4.69) is 197 Å². The van der Waals surface area contributed by atoms with Crippen LogP contribution in [-0.4, -0.2) is 14.1 Å². The molecule has 0 radical (unpaired) electrons. The number of rotatable bonds is 5. The van der Waals surface area contributed by atoms with Crippen molar-refractivity contribution in [1.29, 1.82) is 0 Å². The summed E-state index contributed by atoms with van der Waals surface area (Å²) >= 11 is 0. The fourth-order valence-electron chi connectivity index (χ4n) is 7.61. The van der Waals surface area contributed by atoms with Gasteiger partial charge in [0.2, 0.25) is 0 Å². The molecule has 10 aromatic rings. The quantitative estimate of drug-likeness (QED) is 0.184. The van der Waals surface area contributed by atoms with Crippen molar-refractivity contribution in [2.75, 3.05) is 0 Å². The van der Waals surface area contributed by atoms with E-state index in [0.29, 0.717) is 0 Å². The summed E-state index contributed by atoms with van der Waals surface area (Å²) in [7, 11) is 0. The summed E-state index contributed by atoms with van der Waals surface area (Å²) < 4.78 is 4.72. The maximum atomic E-state index is 5.41. The van der Waals surface area contributed by atoms with Crippen molar-refractivity contribution in [3.8, 4) is 45.0 Å². The van der Waals surface area contributed by atoms with Crippen LogP contribution in [-0.2, 0) is 0 Å². The molecule has 3 aromatic heterocycles. The van der Waals surface area contributed by atoms with Crippen molar-refractivity contribution in [2.24, 2.45) is 0 Å². The van der Waals surface area contributed by atoms with Crippen LogP contribution >= 0.6 is 0 Å². The average Bonchev–Trinajstić information content (AvgIpc) is 3.70. The summed E-state index contributed by atoms with van der Waals surface area (Å²) in [5, 5.41) is 4.92. The molecule has 10 rings (SSSR count). The number of hydrogen-bond donors (Lipinski definition) is 0. The third kappa shape index (κ3) is 4.56. The van der Waals surface area contributed by atoms with E-state index >= 15 is 0 Å². The minimum absolute atomic E-state index is 0.891. The third-order valence-electron chi connectivity index (χ3n) is 9.89. The van der Waals surface area contributed by atoms with Gasteiger partial charge in [-0.3, -0.25) is 4.57 Å². The van der Waals surface area contributed by atoms with Crippen LogP contribution in [0.3, 0.4) is 0 Å². The van der Waals surface area contributed by atoms with E-state index in [-0.39, 0.29) is 0 Å². The molecule has 0 aliphatic rings. The molecular formula is C47H31N3. The van der Waals surface area contributed by atoms with Crippen LogP contribution in [0.1, 0.15) is 0 Å². The largest absolute Gasteiger partial charge is 0.309 e. The summed E-state index contributed by atoms with van der Waals surface area (Å²) in [6.07, 6.45) is 0. The van der Waals surface area contributed by atoms with Crippen LogP contribution in [0.5, 0.6) is 0 Å². The van der Waals surface area contributed by atoms with Gasteiger partial charge in [0, 0.05) is 32.8 Å². The minimum atomic E-state index is 0.891. The number of nitrogens with zero attached hydrogens (tertiary/aromatic N) is 3. The second-order valence-corrected chi connectivity index (χ2v) is 12.8. The van der Waals surface area contributed by atoms with Crippen molar-refractivity contribution in [2.45, 2.75) is 0 Å². The van der Waals surface area contributed by atoms with Crippen molar-refractivity contribution < 1.29 is 0 Å². The van der Waals surface area contributed by atoms with Gasteiger partial charge in [0.15, 0.2) is 0 Å². The Morgan fingerprint density at radius 3 is 1.42 bits per heavy atom. The molecule has 0 saturated heterocycles. The summed E-state index contributed by atoms with van der Waals surface area (Å²) in [4.78, 5) is 5.41. The molecule has 0 amide bonds. The van der Waals surface area contributed by atoms with E-state index < -0.39 is 0 Å². The number of fused-ring (bicyclic) bond motifs is 6. The zero-order chi connectivity index (χ0) is 33.0. The lowest BCUT2D eigenvalue weighted by atomic mass is 9.95. The Kier molecular flexibility index (Phi) is 6.49. The fourth-order valence-corrected chi connectivity index (χ4v) is 7.61. The fraction of sp³-hybridized carbons (Fsp3) is 0. The van der Waals surface area contributed by atoms with Crippen LogP contribution in [0.25, 0.3) is 88.6 Å². The Balaban J connectivity index is 1.22. The summed E-state index contributed by atoms with van der Waals surface area (Å²) in [6, 6.07) is 67.2. The number of benzene rings is 7. The molecule has 0 aliphatic carbocycles. The van der Waals surface area contributed by atoms with E-state index in [0.717, 1.165) is 33.8 Å². The Hall–Kier alpha value is -6.71. The Morgan fingerprint density at radius 2 is 0.800 bits per heavy atom. The standard InChI is InChI=1S/C47H31N3/c1-4-15-32(16-5-1)34-27-35(33-17-6-2-7-18-33)29-36(28-34)42-23-14-26-47(48-42)50-44-25-13-11-22-39(44)41-30-40-38-21-10-12-24-43(38)49(45(40)31-46(41)50)37-19-8-3-9-20-37/h1-31H. The monoisotopic (exact) mass is 637 g/mol. The van der Waals surface area contributed by atoms with Gasteiger partial charge in [0.25, 0.3) is 0 Å². The molecule has 3 heteroatoms. The highest BCUT2D eigenvalue weighted by Crippen LogP contribution is 2.40. The molecule has 0 aliphatic heterocycles. The van der Waals surface area contributed by atoms with E-state index in [1.807, 2.05) is 0 Å². The van der Waals surface area contributed by atoms with E-state index in [9.17, 15) is 0 Å². The zero-order valence-corrected chi connectivity index (χ0v) is 27.2. The predicted octanol–water partition coefficient (Wildman–Crippen LogP) is 12.3. The summed E-state index contributed by atoms with van der Waals surface area (Å²) in [6.45, 7) is 0. The van der Waals surface area contributed by atoms with E-state index in [1.54, 1.807) is 0 Å². The summed E-state index contributed by atoms with van der Waals surface area (Å²) in [5.41, 5.74) is 12.5. The van der Waals surface area contributed by atoms with Crippen molar-refractivity contribution >= 4 is 43.6 Å². The first-order valence-electron chi connectivity index (χ1n) is 17.1. The molecule has 0 fully saturated rings. The molecule has 0 bridgehead atoms. The smallest absolute Gasteiger partial charge is 0.138 e. The highest BCUT2D eigenvalue weighted by molar-refractivity contribution is 6.19. The van der Waals surface area contributed by atoms with Gasteiger partial charge in [-0.25, -0.2) is 4.98 Å². The molecule has 234 valence electrons. The van der Waals surface area contributed by atoms with Gasteiger partial charge in [-0.05, 0) is 89.0 Å². The number of aromatic nitrogens is 3. The Morgan fingerprint density at radius 1 is 0.300 bits per heavy atom. The van der Waals surface area contributed by atoms with Crippen LogP contribution in [0.4, 0.5) is 0 Å². The lowest BCUT2D eigenvalue weighted by Gasteiger charge is -2.13. The first-order chi connectivity index (χ1) is 24.8. The first kappa shape index (κ1) is 28.3. The van der Waals surface area contributed by atoms with Gasteiger partial charge in [-0.2, -0.15) is 0 Å². The highest BCUT2D eigenvalue weighted by Gasteiger charge is 2.19. The van der Waals surface area contributed by atoms with Gasteiger partial charge in [-0.1, -0.05) is 121 Å². The van der Waals surface area contributed by atoms with Crippen LogP contribution < -0.4 is 0 Å². The van der Waals surface area contributed by atoms with Gasteiger partial charge >= 0.3 is 0 Å². The van der Waals surface area contributed by atoms with Crippen molar-refractivity contribution in [3.63, 3.8) is 0 Å². The predicted molar refractivity (Wildman–Crippen MR) is 209 cm³/mol. The van der Waals surface area contributed by atoms with E-state index in [1.165, 1.54) is 54.8 Å². The number of para-hydroxylation sites is 3. The van der Waals surface area contributed by atoms with Crippen molar-refractivity contribution in [1.82, 2.24) is 14.1 Å². The second kappa shape index (κ2) is 11.5. The molecule has 0 atom stereocenters. The second-order valence-electron chi connectivity index (χ2n) is 12.8. The molecule has 50 heavy (non-hydrogen) atoms. The SMILES string of the molecule is c1ccc(-c2cc(-c3ccccc3)cc(-c3cccc(-n4c5ccccc5c5cc6c7ccccc7n(-c7ccccc7)c6cc54)n3)c2)cc1. The molecule has 0 spiro atoms. The lowest BCUT2D eigenvalue weighted by molar-refractivity contribution is 1.08. The van der Waals surface area contributed by atoms with Gasteiger partial charge in [0.05, 0.1) is 27.8 Å². The molecule has 3 nitrogen and oxygen atoms in total. The normalized spacial score (nSPS) is 11.6. The first-order valence-corrected chi connectivity index (χ1v) is 17.1. The molecule has 3 heterocycles. The van der Waals surface area contributed by atoms with Crippen LogP contribution in [0.2, 0.25) is 0 Å². The van der Waals surface area contributed by atoms with Crippen LogP contribution in [0.15, 0.2) is 188 Å². The topological polar surface area (TPSA) is 22.8 Å². The molecular weight excluding hydrogens is 607 g/mol. The zero-order valence-electron chi connectivity index (χ0n) is 27.2. The Bertz CT molecular complexity index is 2790. The third-order valence-corrected chi connectivity index (χ3v) is 9.89. The van der Waals surface area contributed by atoms with Gasteiger partial charge in [-0.15, -0.1) is 0 Å². The highest BCUT2D eigenvalue weighted by atomic mass is 15.1. The lowest BCUT2D eigenvalue weighted by Crippen LogP contribution is -1.99. The van der Waals surface area contributed by atoms with Gasteiger partial charge in [0.1, 0.15) is 5.82 Å². The van der Waals surface area contributed by atoms with Crippen molar-refractivity contribution in [3.05, 3.63) is 188 Å². The van der Waals surface area contributed by atoms with E-state index in [4.69, 9.17) is 4.98 Å². The molecule has 0 N–H and O–H groups in total. The van der Waals surface area contributed by atoms with Crippen LogP contribution in [0, 0.1) is 0 Å². The molecule has 0 unspecified atom stereocenters. The van der Waals surface area contributed by atoms with Gasteiger partial charge < -0.3 is 4.57 Å². The Labute approximate surface area is 290 Å². The maximum Gasteiger partial charge on any atom is 0.138 e. The number of pyridine rings is 1. The number of hydrogen-bond acceptors (Lipinski definition) is 1. The minimum Gasteiger partial charge on any atom is -0.309 e. The molecule has 0 saturated carbocycles.